The van der Waals surface area contributed by atoms with Gasteiger partial charge in [0.1, 0.15) is 4.75 Å². The summed E-state index contributed by atoms with van der Waals surface area (Å²) in [7, 11) is -2.45. The van der Waals surface area contributed by atoms with Gasteiger partial charge in [-0.2, -0.15) is 0 Å². The summed E-state index contributed by atoms with van der Waals surface area (Å²) in [6.45, 7) is 4.01. The standard InChI is InChI=1S/C24H32N4O7S2/c1-16(2)15-35-23(31)28-10-9-24(14-21(29)27-32,37(33,34)12-11-28)20-8-7-19(36-20)17-5-4-6-18(13-17)26-22(30)25-3/h4-8,13,16,32H,9-12,14-15H2,1-3H3,(H,27,29)(H2,25,26,30). The number of urea groups is 1. The second-order valence-electron chi connectivity index (χ2n) is 9.18. The van der Waals surface area contributed by atoms with Gasteiger partial charge in [-0.15, -0.1) is 11.3 Å². The molecule has 0 radical (unpaired) electrons. The second kappa shape index (κ2) is 11.9. The molecule has 13 heteroatoms. The lowest BCUT2D eigenvalue weighted by molar-refractivity contribution is -0.129. The van der Waals surface area contributed by atoms with Crippen molar-refractivity contribution in [1.29, 1.82) is 0 Å². The highest BCUT2D eigenvalue weighted by Gasteiger charge is 2.50. The van der Waals surface area contributed by atoms with Crippen LogP contribution in [-0.4, -0.2) is 69.1 Å². The van der Waals surface area contributed by atoms with Crippen LogP contribution >= 0.6 is 11.3 Å². The number of nitrogens with zero attached hydrogens (tertiary/aromatic N) is 1. The zero-order valence-electron chi connectivity index (χ0n) is 20.9. The maximum atomic E-state index is 13.7. The zero-order valence-corrected chi connectivity index (χ0v) is 22.6. The summed E-state index contributed by atoms with van der Waals surface area (Å²) in [5.74, 6) is -1.07. The number of hydroxylamine groups is 1. The first-order chi connectivity index (χ1) is 17.5. The molecule has 1 aromatic heterocycles. The van der Waals surface area contributed by atoms with E-state index in [0.29, 0.717) is 10.6 Å². The number of ether oxygens (including phenoxy) is 1. The maximum Gasteiger partial charge on any atom is 0.409 e. The average Bonchev–Trinajstić information content (AvgIpc) is 3.32. The Hall–Kier alpha value is -3.16. The molecule has 1 aromatic carbocycles. The molecule has 1 unspecified atom stereocenters. The summed E-state index contributed by atoms with van der Waals surface area (Å²) in [5.41, 5.74) is 2.85. The molecule has 2 aromatic rings. The van der Waals surface area contributed by atoms with Gasteiger partial charge in [-0.05, 0) is 42.2 Å². The quantitative estimate of drug-likeness (QED) is 0.304. The van der Waals surface area contributed by atoms with E-state index in [9.17, 15) is 28.0 Å². The second-order valence-corrected chi connectivity index (χ2v) is 12.7. The number of hydrogen-bond donors (Lipinski definition) is 4. The molecule has 0 spiro atoms. The predicted molar refractivity (Wildman–Crippen MR) is 140 cm³/mol. The minimum absolute atomic E-state index is 0.0439. The van der Waals surface area contributed by atoms with Crippen molar-refractivity contribution in [3.63, 3.8) is 0 Å². The van der Waals surface area contributed by atoms with E-state index in [-0.39, 0.29) is 43.8 Å². The Bertz CT molecular complexity index is 1250. The Morgan fingerprint density at radius 1 is 1.19 bits per heavy atom. The zero-order chi connectivity index (χ0) is 27.2. The lowest BCUT2D eigenvalue weighted by Gasteiger charge is -2.30. The smallest absolute Gasteiger partial charge is 0.409 e. The first-order valence-corrected chi connectivity index (χ1v) is 14.2. The monoisotopic (exact) mass is 552 g/mol. The molecular formula is C24H32N4O7S2. The predicted octanol–water partition coefficient (Wildman–Crippen LogP) is 3.17. The number of rotatable bonds is 7. The van der Waals surface area contributed by atoms with Gasteiger partial charge in [0.2, 0.25) is 5.91 Å². The van der Waals surface area contributed by atoms with E-state index in [1.54, 1.807) is 35.8 Å². The molecular weight excluding hydrogens is 520 g/mol. The number of anilines is 1. The Labute approximate surface area is 220 Å². The van der Waals surface area contributed by atoms with Crippen molar-refractivity contribution >= 4 is 44.9 Å². The van der Waals surface area contributed by atoms with Crippen molar-refractivity contribution in [2.75, 3.05) is 37.8 Å². The topological polar surface area (TPSA) is 154 Å². The van der Waals surface area contributed by atoms with Gasteiger partial charge in [-0.1, -0.05) is 26.0 Å². The number of sulfone groups is 1. The van der Waals surface area contributed by atoms with Crippen LogP contribution in [0.2, 0.25) is 0 Å². The van der Waals surface area contributed by atoms with E-state index >= 15 is 0 Å². The van der Waals surface area contributed by atoms with Crippen molar-refractivity contribution in [3.8, 4) is 10.4 Å². The van der Waals surface area contributed by atoms with E-state index in [0.717, 1.165) is 10.4 Å². The van der Waals surface area contributed by atoms with Crippen LogP contribution in [0.25, 0.3) is 10.4 Å². The van der Waals surface area contributed by atoms with Crippen LogP contribution in [0.4, 0.5) is 15.3 Å². The average molecular weight is 553 g/mol. The van der Waals surface area contributed by atoms with E-state index in [2.05, 4.69) is 10.6 Å². The number of hydrogen-bond acceptors (Lipinski definition) is 8. The normalized spacial score (nSPS) is 19.1. The molecule has 1 aliphatic heterocycles. The fraction of sp³-hybridized carbons (Fsp3) is 0.458. The molecule has 1 saturated heterocycles. The molecule has 2 heterocycles. The SMILES string of the molecule is CNC(=O)Nc1cccc(-c2ccc(C3(CC(=O)NO)CCN(C(=O)OCC(C)C)CCS3(=O)=O)s2)c1. The Morgan fingerprint density at radius 3 is 2.62 bits per heavy atom. The Balaban J connectivity index is 1.97. The minimum atomic E-state index is -3.95. The molecule has 0 saturated carbocycles. The lowest BCUT2D eigenvalue weighted by atomic mass is 9.97. The molecule has 11 nitrogen and oxygen atoms in total. The third-order valence-electron chi connectivity index (χ3n) is 6.07. The van der Waals surface area contributed by atoms with Crippen LogP contribution in [0, 0.1) is 5.92 Å². The molecule has 1 fully saturated rings. The van der Waals surface area contributed by atoms with Gasteiger partial charge in [-0.3, -0.25) is 10.0 Å². The van der Waals surface area contributed by atoms with Crippen LogP contribution in [0.3, 0.4) is 0 Å². The number of thiophene rings is 1. The Morgan fingerprint density at radius 2 is 1.95 bits per heavy atom. The van der Waals surface area contributed by atoms with Crippen molar-refractivity contribution in [3.05, 3.63) is 41.3 Å². The highest BCUT2D eigenvalue weighted by atomic mass is 32.2. The number of benzene rings is 1. The number of amides is 4. The van der Waals surface area contributed by atoms with Gasteiger partial charge < -0.3 is 20.3 Å². The van der Waals surface area contributed by atoms with Crippen LogP contribution < -0.4 is 16.1 Å². The third kappa shape index (κ3) is 6.59. The van der Waals surface area contributed by atoms with Crippen LogP contribution in [0.5, 0.6) is 0 Å². The largest absolute Gasteiger partial charge is 0.449 e. The lowest BCUT2D eigenvalue weighted by Crippen LogP contribution is -2.41. The molecule has 202 valence electrons. The summed E-state index contributed by atoms with van der Waals surface area (Å²) in [6.07, 6.45) is -1.14. The van der Waals surface area contributed by atoms with E-state index in [1.807, 2.05) is 19.9 Å². The van der Waals surface area contributed by atoms with Gasteiger partial charge in [0, 0.05) is 35.6 Å². The van der Waals surface area contributed by atoms with Crippen molar-refractivity contribution in [1.82, 2.24) is 15.7 Å². The molecule has 0 bridgehead atoms. The molecule has 4 N–H and O–H groups in total. The van der Waals surface area contributed by atoms with Gasteiger partial charge >= 0.3 is 12.1 Å². The minimum Gasteiger partial charge on any atom is -0.449 e. The van der Waals surface area contributed by atoms with Crippen LogP contribution in [-0.2, 0) is 24.1 Å². The fourth-order valence-electron chi connectivity index (χ4n) is 4.06. The first-order valence-electron chi connectivity index (χ1n) is 11.8. The molecule has 4 amide bonds. The van der Waals surface area contributed by atoms with Crippen LogP contribution in [0.1, 0.15) is 31.6 Å². The van der Waals surface area contributed by atoms with E-state index in [1.165, 1.54) is 23.3 Å². The van der Waals surface area contributed by atoms with Gasteiger partial charge in [-0.25, -0.2) is 23.5 Å². The summed E-state index contributed by atoms with van der Waals surface area (Å²) in [6, 6.07) is 10.1. The summed E-state index contributed by atoms with van der Waals surface area (Å²) >= 11 is 1.21. The summed E-state index contributed by atoms with van der Waals surface area (Å²) in [5, 5.41) is 14.4. The first kappa shape index (κ1) is 28.4. The van der Waals surface area contributed by atoms with Gasteiger partial charge in [0.25, 0.3) is 0 Å². The Kier molecular flexibility index (Phi) is 9.16. The third-order valence-corrected chi connectivity index (χ3v) is 10.0. The highest BCUT2D eigenvalue weighted by molar-refractivity contribution is 7.92. The molecule has 3 rings (SSSR count). The van der Waals surface area contributed by atoms with Crippen LogP contribution in [0.15, 0.2) is 36.4 Å². The van der Waals surface area contributed by atoms with Gasteiger partial charge in [0.15, 0.2) is 9.84 Å². The number of carbonyl (C=O) groups excluding carboxylic acids is 3. The maximum absolute atomic E-state index is 13.7. The number of nitrogens with one attached hydrogen (secondary N) is 3. The molecule has 1 aliphatic rings. The fourth-order valence-corrected chi connectivity index (χ4v) is 7.66. The van der Waals surface area contributed by atoms with Crippen molar-refractivity contribution in [2.24, 2.45) is 5.92 Å². The van der Waals surface area contributed by atoms with Crippen molar-refractivity contribution < 1.29 is 32.7 Å². The van der Waals surface area contributed by atoms with E-state index in [4.69, 9.17) is 4.74 Å². The molecule has 0 aliphatic carbocycles. The highest BCUT2D eigenvalue weighted by Crippen LogP contribution is 2.45. The summed E-state index contributed by atoms with van der Waals surface area (Å²) in [4.78, 5) is 39.1. The summed E-state index contributed by atoms with van der Waals surface area (Å²) < 4.78 is 31.0. The van der Waals surface area contributed by atoms with Gasteiger partial charge in [0.05, 0.1) is 18.8 Å². The van der Waals surface area contributed by atoms with E-state index < -0.39 is 33.0 Å². The molecule has 1 atom stereocenters. The molecule has 37 heavy (non-hydrogen) atoms. The number of carbonyl (C=O) groups is 3. The van der Waals surface area contributed by atoms with Crippen molar-refractivity contribution in [2.45, 2.75) is 31.4 Å².